The zero-order valence-corrected chi connectivity index (χ0v) is 9.57. The van der Waals surface area contributed by atoms with E-state index in [2.05, 4.69) is 11.2 Å². The number of nitrogens with one attached hydrogen (secondary N) is 1. The van der Waals surface area contributed by atoms with E-state index in [1.807, 2.05) is 13.8 Å². The number of nitrogens with zero attached hydrogens (tertiary/aromatic N) is 1. The SMILES string of the molecule is C#CC(C)(C)Nc1cccc([N+](=O)[O-])c1C. The molecule has 0 saturated carbocycles. The van der Waals surface area contributed by atoms with Gasteiger partial charge in [0.15, 0.2) is 0 Å². The van der Waals surface area contributed by atoms with Gasteiger partial charge in [-0.3, -0.25) is 10.1 Å². The largest absolute Gasteiger partial charge is 0.369 e. The second-order valence-corrected chi connectivity index (χ2v) is 4.10. The number of terminal acetylenes is 1. The van der Waals surface area contributed by atoms with Crippen LogP contribution in [-0.2, 0) is 0 Å². The fourth-order valence-corrected chi connectivity index (χ4v) is 1.33. The van der Waals surface area contributed by atoms with E-state index < -0.39 is 10.5 Å². The fourth-order valence-electron chi connectivity index (χ4n) is 1.33. The molecule has 0 amide bonds. The molecule has 0 heterocycles. The molecule has 1 N–H and O–H groups in total. The first-order valence-corrected chi connectivity index (χ1v) is 4.87. The molecule has 0 fully saturated rings. The Hall–Kier alpha value is -2.02. The number of benzene rings is 1. The van der Waals surface area contributed by atoms with Crippen LogP contribution in [-0.4, -0.2) is 10.5 Å². The maximum Gasteiger partial charge on any atom is 0.274 e. The molecule has 4 heteroatoms. The predicted octanol–water partition coefficient (Wildman–Crippen LogP) is 2.73. The van der Waals surface area contributed by atoms with Gasteiger partial charge in [0.05, 0.1) is 10.5 Å². The molecule has 16 heavy (non-hydrogen) atoms. The van der Waals surface area contributed by atoms with Crippen LogP contribution in [0.3, 0.4) is 0 Å². The Morgan fingerprint density at radius 1 is 1.50 bits per heavy atom. The zero-order valence-electron chi connectivity index (χ0n) is 9.57. The van der Waals surface area contributed by atoms with Crippen molar-refractivity contribution in [3.05, 3.63) is 33.9 Å². The molecule has 84 valence electrons. The summed E-state index contributed by atoms with van der Waals surface area (Å²) in [7, 11) is 0. The van der Waals surface area contributed by atoms with Gasteiger partial charge in [-0.15, -0.1) is 6.42 Å². The summed E-state index contributed by atoms with van der Waals surface area (Å²) in [5, 5.41) is 13.8. The van der Waals surface area contributed by atoms with Crippen molar-refractivity contribution >= 4 is 11.4 Å². The Bertz CT molecular complexity index is 459. The smallest absolute Gasteiger partial charge is 0.274 e. The highest BCUT2D eigenvalue weighted by molar-refractivity contribution is 5.61. The van der Waals surface area contributed by atoms with Crippen LogP contribution in [0.5, 0.6) is 0 Å². The summed E-state index contributed by atoms with van der Waals surface area (Å²) >= 11 is 0. The number of nitro benzene ring substituents is 1. The van der Waals surface area contributed by atoms with Crippen LogP contribution in [0.15, 0.2) is 18.2 Å². The fraction of sp³-hybridized carbons (Fsp3) is 0.333. The van der Waals surface area contributed by atoms with Gasteiger partial charge in [0.2, 0.25) is 0 Å². The molecule has 0 aliphatic carbocycles. The highest BCUT2D eigenvalue weighted by Gasteiger charge is 2.18. The number of nitro groups is 1. The molecule has 1 aromatic rings. The first kappa shape index (κ1) is 12.1. The molecule has 0 aliphatic rings. The van der Waals surface area contributed by atoms with Crippen molar-refractivity contribution in [2.24, 2.45) is 0 Å². The normalized spacial score (nSPS) is 10.6. The Morgan fingerprint density at radius 3 is 2.62 bits per heavy atom. The van der Waals surface area contributed by atoms with Gasteiger partial charge in [-0.2, -0.15) is 0 Å². The van der Waals surface area contributed by atoms with Gasteiger partial charge in [0.1, 0.15) is 0 Å². The third kappa shape index (κ3) is 2.51. The molecular formula is C12H14N2O2. The average Bonchev–Trinajstić information content (AvgIpc) is 2.20. The number of hydrogen-bond donors (Lipinski definition) is 1. The van der Waals surface area contributed by atoms with Crippen LogP contribution < -0.4 is 5.32 Å². The summed E-state index contributed by atoms with van der Waals surface area (Å²) in [6.07, 6.45) is 5.36. The zero-order chi connectivity index (χ0) is 12.3. The van der Waals surface area contributed by atoms with Crippen molar-refractivity contribution in [2.75, 3.05) is 5.32 Å². The van der Waals surface area contributed by atoms with Crippen molar-refractivity contribution in [3.8, 4) is 12.3 Å². The molecule has 0 spiro atoms. The van der Waals surface area contributed by atoms with Gasteiger partial charge in [-0.1, -0.05) is 12.0 Å². The summed E-state index contributed by atoms with van der Waals surface area (Å²) in [5.74, 6) is 2.58. The third-order valence-electron chi connectivity index (χ3n) is 2.31. The molecule has 0 radical (unpaired) electrons. The second-order valence-electron chi connectivity index (χ2n) is 4.10. The van der Waals surface area contributed by atoms with Crippen molar-refractivity contribution in [1.29, 1.82) is 0 Å². The van der Waals surface area contributed by atoms with Gasteiger partial charge in [0, 0.05) is 17.3 Å². The second kappa shape index (κ2) is 4.23. The standard InChI is InChI=1S/C12H14N2O2/c1-5-12(3,4)13-10-7-6-8-11(9(10)2)14(15)16/h1,6-8,13H,2-4H3. The minimum Gasteiger partial charge on any atom is -0.369 e. The van der Waals surface area contributed by atoms with Crippen molar-refractivity contribution in [2.45, 2.75) is 26.3 Å². The summed E-state index contributed by atoms with van der Waals surface area (Å²) in [5.41, 5.74) is 0.853. The Labute approximate surface area is 94.8 Å². The van der Waals surface area contributed by atoms with Crippen LogP contribution >= 0.6 is 0 Å². The third-order valence-corrected chi connectivity index (χ3v) is 2.31. The minimum absolute atomic E-state index is 0.0952. The first-order valence-electron chi connectivity index (χ1n) is 4.87. The topological polar surface area (TPSA) is 55.2 Å². The van der Waals surface area contributed by atoms with E-state index >= 15 is 0 Å². The molecule has 0 atom stereocenters. The molecule has 0 aromatic heterocycles. The van der Waals surface area contributed by atoms with E-state index in [0.29, 0.717) is 11.3 Å². The molecule has 0 saturated heterocycles. The minimum atomic E-state index is -0.528. The molecule has 0 unspecified atom stereocenters. The van der Waals surface area contributed by atoms with Gasteiger partial charge in [0.25, 0.3) is 5.69 Å². The molecule has 4 nitrogen and oxygen atoms in total. The van der Waals surface area contributed by atoms with Crippen LogP contribution in [0, 0.1) is 29.4 Å². The quantitative estimate of drug-likeness (QED) is 0.482. The average molecular weight is 218 g/mol. The van der Waals surface area contributed by atoms with Crippen molar-refractivity contribution < 1.29 is 4.92 Å². The first-order chi connectivity index (χ1) is 7.37. The van der Waals surface area contributed by atoms with Crippen LogP contribution in [0.25, 0.3) is 0 Å². The molecule has 1 rings (SSSR count). The summed E-state index contributed by atoms with van der Waals surface area (Å²) < 4.78 is 0. The van der Waals surface area contributed by atoms with E-state index in [1.165, 1.54) is 6.07 Å². The number of rotatable bonds is 3. The lowest BCUT2D eigenvalue weighted by Crippen LogP contribution is -2.28. The van der Waals surface area contributed by atoms with Crippen LogP contribution in [0.4, 0.5) is 11.4 Å². The van der Waals surface area contributed by atoms with Gasteiger partial charge >= 0.3 is 0 Å². The van der Waals surface area contributed by atoms with E-state index in [1.54, 1.807) is 19.1 Å². The van der Waals surface area contributed by atoms with Crippen LogP contribution in [0.2, 0.25) is 0 Å². The lowest BCUT2D eigenvalue weighted by Gasteiger charge is -2.22. The van der Waals surface area contributed by atoms with E-state index in [4.69, 9.17) is 6.42 Å². The van der Waals surface area contributed by atoms with Crippen molar-refractivity contribution in [1.82, 2.24) is 0 Å². The van der Waals surface area contributed by atoms with Gasteiger partial charge < -0.3 is 5.32 Å². The van der Waals surface area contributed by atoms with Gasteiger partial charge in [-0.25, -0.2) is 0 Å². The predicted molar refractivity (Wildman–Crippen MR) is 64.4 cm³/mol. The molecule has 0 bridgehead atoms. The van der Waals surface area contributed by atoms with Crippen molar-refractivity contribution in [3.63, 3.8) is 0 Å². The highest BCUT2D eigenvalue weighted by atomic mass is 16.6. The van der Waals surface area contributed by atoms with E-state index in [-0.39, 0.29) is 5.69 Å². The maximum atomic E-state index is 10.7. The van der Waals surface area contributed by atoms with Gasteiger partial charge in [-0.05, 0) is 26.8 Å². The number of hydrogen-bond acceptors (Lipinski definition) is 3. The molecule has 1 aromatic carbocycles. The van der Waals surface area contributed by atoms with E-state index in [9.17, 15) is 10.1 Å². The summed E-state index contributed by atoms with van der Waals surface area (Å²) in [4.78, 5) is 10.3. The van der Waals surface area contributed by atoms with Crippen LogP contribution in [0.1, 0.15) is 19.4 Å². The number of anilines is 1. The highest BCUT2D eigenvalue weighted by Crippen LogP contribution is 2.27. The monoisotopic (exact) mass is 218 g/mol. The Kier molecular flexibility index (Phi) is 3.19. The Morgan fingerprint density at radius 2 is 2.12 bits per heavy atom. The Balaban J connectivity index is 3.13. The summed E-state index contributed by atoms with van der Waals surface area (Å²) in [6.45, 7) is 5.38. The lowest BCUT2D eigenvalue weighted by atomic mass is 10.0. The summed E-state index contributed by atoms with van der Waals surface area (Å²) in [6, 6.07) is 4.89. The molecular weight excluding hydrogens is 204 g/mol. The lowest BCUT2D eigenvalue weighted by molar-refractivity contribution is -0.385. The maximum absolute atomic E-state index is 10.7. The van der Waals surface area contributed by atoms with E-state index in [0.717, 1.165) is 0 Å². The molecule has 0 aliphatic heterocycles.